The molecule has 0 aliphatic carbocycles. The van der Waals surface area contributed by atoms with E-state index < -0.39 is 0 Å². The van der Waals surface area contributed by atoms with Crippen LogP contribution in [-0.2, 0) is 6.61 Å². The minimum atomic E-state index is -0.00858. The molecule has 1 aromatic carbocycles. The lowest BCUT2D eigenvalue weighted by Crippen LogP contribution is -1.94. The Balaban J connectivity index is 2.25. The van der Waals surface area contributed by atoms with Gasteiger partial charge in [0.05, 0.1) is 18.5 Å². The first kappa shape index (κ1) is 11.4. The Morgan fingerprint density at radius 1 is 1.35 bits per heavy atom. The van der Waals surface area contributed by atoms with Crippen molar-refractivity contribution in [1.82, 2.24) is 4.98 Å². The van der Waals surface area contributed by atoms with Crippen LogP contribution in [0.15, 0.2) is 36.5 Å². The number of pyridine rings is 1. The third-order valence-corrected chi connectivity index (χ3v) is 2.35. The second kappa shape index (κ2) is 4.84. The van der Waals surface area contributed by atoms with Gasteiger partial charge in [0.1, 0.15) is 5.75 Å². The van der Waals surface area contributed by atoms with E-state index in [0.29, 0.717) is 17.3 Å². The molecule has 4 heteroatoms. The molecule has 1 aromatic heterocycles. The maximum atomic E-state index is 9.03. The van der Waals surface area contributed by atoms with Gasteiger partial charge in [0, 0.05) is 5.56 Å². The maximum absolute atomic E-state index is 9.03. The summed E-state index contributed by atoms with van der Waals surface area (Å²) < 4.78 is 5.63. The van der Waals surface area contributed by atoms with Gasteiger partial charge < -0.3 is 15.6 Å². The largest absolute Gasteiger partial charge is 0.439 e. The fourth-order valence-corrected chi connectivity index (χ4v) is 1.51. The van der Waals surface area contributed by atoms with Crippen molar-refractivity contribution < 1.29 is 9.84 Å². The topological polar surface area (TPSA) is 68.4 Å². The first-order valence-electron chi connectivity index (χ1n) is 5.29. The highest BCUT2D eigenvalue weighted by Gasteiger charge is 2.04. The average Bonchev–Trinajstić information content (AvgIpc) is 2.33. The molecule has 0 aliphatic rings. The van der Waals surface area contributed by atoms with Gasteiger partial charge in [0.2, 0.25) is 5.88 Å². The molecule has 3 N–H and O–H groups in total. The standard InChI is InChI=1S/C13H14N2O2/c1-9-5-11(14)7-15-13(9)17-12-4-2-3-10(6-12)8-16/h2-7,16H,8,14H2,1H3. The fourth-order valence-electron chi connectivity index (χ4n) is 1.51. The van der Waals surface area contributed by atoms with E-state index in [1.54, 1.807) is 18.3 Å². The SMILES string of the molecule is Cc1cc(N)cnc1Oc1cccc(CO)c1. The van der Waals surface area contributed by atoms with Crippen LogP contribution in [0.4, 0.5) is 5.69 Å². The van der Waals surface area contributed by atoms with Gasteiger partial charge in [-0.25, -0.2) is 4.98 Å². The number of ether oxygens (including phenoxy) is 1. The van der Waals surface area contributed by atoms with Crippen molar-refractivity contribution in [3.8, 4) is 11.6 Å². The molecule has 2 rings (SSSR count). The van der Waals surface area contributed by atoms with Gasteiger partial charge in [0.15, 0.2) is 0 Å². The van der Waals surface area contributed by atoms with E-state index in [9.17, 15) is 0 Å². The second-order valence-corrected chi connectivity index (χ2v) is 3.80. The second-order valence-electron chi connectivity index (χ2n) is 3.80. The van der Waals surface area contributed by atoms with Gasteiger partial charge in [0.25, 0.3) is 0 Å². The molecule has 4 nitrogen and oxygen atoms in total. The summed E-state index contributed by atoms with van der Waals surface area (Å²) >= 11 is 0. The molecule has 1 heterocycles. The predicted octanol–water partition coefficient (Wildman–Crippen LogP) is 2.26. The zero-order valence-electron chi connectivity index (χ0n) is 9.55. The number of nitrogens with two attached hydrogens (primary N) is 1. The van der Waals surface area contributed by atoms with Crippen molar-refractivity contribution in [3.63, 3.8) is 0 Å². The quantitative estimate of drug-likeness (QED) is 0.848. The van der Waals surface area contributed by atoms with Crippen LogP contribution < -0.4 is 10.5 Å². The summed E-state index contributed by atoms with van der Waals surface area (Å²) in [4.78, 5) is 4.12. The molecule has 2 aromatic rings. The summed E-state index contributed by atoms with van der Waals surface area (Å²) in [5.41, 5.74) is 7.90. The zero-order valence-corrected chi connectivity index (χ0v) is 9.55. The van der Waals surface area contributed by atoms with Crippen LogP contribution in [-0.4, -0.2) is 10.1 Å². The lowest BCUT2D eigenvalue weighted by atomic mass is 10.2. The number of hydrogen-bond donors (Lipinski definition) is 2. The van der Waals surface area contributed by atoms with Gasteiger partial charge in [-0.3, -0.25) is 0 Å². The first-order valence-corrected chi connectivity index (χ1v) is 5.29. The van der Waals surface area contributed by atoms with Crippen LogP contribution in [0, 0.1) is 6.92 Å². The average molecular weight is 230 g/mol. The summed E-state index contributed by atoms with van der Waals surface area (Å²) in [7, 11) is 0. The van der Waals surface area contributed by atoms with Crippen molar-refractivity contribution >= 4 is 5.69 Å². The zero-order chi connectivity index (χ0) is 12.3. The molecule has 0 fully saturated rings. The lowest BCUT2D eigenvalue weighted by Gasteiger charge is -2.08. The lowest BCUT2D eigenvalue weighted by molar-refractivity contribution is 0.281. The van der Waals surface area contributed by atoms with Gasteiger partial charge in [-0.15, -0.1) is 0 Å². The minimum absolute atomic E-state index is 0.00858. The van der Waals surface area contributed by atoms with E-state index in [0.717, 1.165) is 11.1 Å². The molecule has 0 saturated carbocycles. The molecule has 0 radical (unpaired) electrons. The molecule has 0 saturated heterocycles. The number of hydrogen-bond acceptors (Lipinski definition) is 4. The number of aryl methyl sites for hydroxylation is 1. The van der Waals surface area contributed by atoms with E-state index in [1.165, 1.54) is 0 Å². The molecule has 17 heavy (non-hydrogen) atoms. The molecule has 0 amide bonds. The first-order chi connectivity index (χ1) is 8.19. The summed E-state index contributed by atoms with van der Waals surface area (Å²) in [6.07, 6.45) is 1.55. The molecular formula is C13H14N2O2. The summed E-state index contributed by atoms with van der Waals surface area (Å²) in [6.45, 7) is 1.87. The predicted molar refractivity (Wildman–Crippen MR) is 65.8 cm³/mol. The van der Waals surface area contributed by atoms with Crippen LogP contribution in [0.1, 0.15) is 11.1 Å². The third kappa shape index (κ3) is 2.73. The smallest absolute Gasteiger partial charge is 0.222 e. The minimum Gasteiger partial charge on any atom is -0.439 e. The highest BCUT2D eigenvalue weighted by atomic mass is 16.5. The van der Waals surface area contributed by atoms with Gasteiger partial charge in [-0.1, -0.05) is 12.1 Å². The summed E-state index contributed by atoms with van der Waals surface area (Å²) in [5, 5.41) is 9.03. The van der Waals surface area contributed by atoms with E-state index in [2.05, 4.69) is 4.98 Å². The van der Waals surface area contributed by atoms with Crippen molar-refractivity contribution in [2.24, 2.45) is 0 Å². The van der Waals surface area contributed by atoms with Crippen molar-refractivity contribution in [1.29, 1.82) is 0 Å². The number of nitrogen functional groups attached to an aromatic ring is 1. The monoisotopic (exact) mass is 230 g/mol. The number of anilines is 1. The van der Waals surface area contributed by atoms with Crippen LogP contribution in [0.3, 0.4) is 0 Å². The summed E-state index contributed by atoms with van der Waals surface area (Å²) in [6, 6.07) is 9.05. The highest BCUT2D eigenvalue weighted by molar-refractivity contribution is 5.43. The normalized spacial score (nSPS) is 10.2. The van der Waals surface area contributed by atoms with E-state index in [-0.39, 0.29) is 6.61 Å². The van der Waals surface area contributed by atoms with E-state index >= 15 is 0 Å². The Labute approximate surface area is 99.7 Å². The molecule has 0 bridgehead atoms. The third-order valence-electron chi connectivity index (χ3n) is 2.35. The Kier molecular flexibility index (Phi) is 3.25. The molecular weight excluding hydrogens is 216 g/mol. The van der Waals surface area contributed by atoms with Crippen LogP contribution in [0.2, 0.25) is 0 Å². The maximum Gasteiger partial charge on any atom is 0.222 e. The van der Waals surface area contributed by atoms with Crippen LogP contribution in [0.25, 0.3) is 0 Å². The number of benzene rings is 1. The van der Waals surface area contributed by atoms with Crippen molar-refractivity contribution in [3.05, 3.63) is 47.7 Å². The Bertz CT molecular complexity index is 527. The molecule has 88 valence electrons. The van der Waals surface area contributed by atoms with E-state index in [4.69, 9.17) is 15.6 Å². The summed E-state index contributed by atoms with van der Waals surface area (Å²) in [5.74, 6) is 1.17. The molecule has 0 unspecified atom stereocenters. The van der Waals surface area contributed by atoms with Crippen LogP contribution in [0.5, 0.6) is 11.6 Å². The highest BCUT2D eigenvalue weighted by Crippen LogP contribution is 2.24. The molecule has 0 aliphatic heterocycles. The van der Waals surface area contributed by atoms with E-state index in [1.807, 2.05) is 25.1 Å². The number of aliphatic hydroxyl groups excluding tert-OH is 1. The Morgan fingerprint density at radius 3 is 2.88 bits per heavy atom. The number of aromatic nitrogens is 1. The Morgan fingerprint density at radius 2 is 2.18 bits per heavy atom. The van der Waals surface area contributed by atoms with Crippen molar-refractivity contribution in [2.45, 2.75) is 13.5 Å². The van der Waals surface area contributed by atoms with Crippen molar-refractivity contribution in [2.75, 3.05) is 5.73 Å². The molecule has 0 spiro atoms. The Hall–Kier alpha value is -2.07. The number of nitrogens with zero attached hydrogens (tertiary/aromatic N) is 1. The van der Waals surface area contributed by atoms with Gasteiger partial charge in [-0.2, -0.15) is 0 Å². The fraction of sp³-hybridized carbons (Fsp3) is 0.154. The van der Waals surface area contributed by atoms with Gasteiger partial charge >= 0.3 is 0 Å². The number of rotatable bonds is 3. The molecule has 0 atom stereocenters. The van der Waals surface area contributed by atoms with Gasteiger partial charge in [-0.05, 0) is 30.7 Å². The van der Waals surface area contributed by atoms with Crippen LogP contribution >= 0.6 is 0 Å². The number of aliphatic hydroxyl groups is 1.